The number of carbonyl (C=O) groups excluding carboxylic acids is 2. The minimum absolute atomic E-state index is 0.0628. The van der Waals surface area contributed by atoms with Gasteiger partial charge in [0.15, 0.2) is 16.6 Å². The van der Waals surface area contributed by atoms with Crippen molar-refractivity contribution in [3.8, 4) is 17.2 Å². The maximum atomic E-state index is 13.5. The molecule has 4 aromatic rings. The molecule has 3 aromatic carbocycles. The van der Waals surface area contributed by atoms with Crippen LogP contribution in [0.1, 0.15) is 17.2 Å². The molecule has 1 aromatic heterocycles. The van der Waals surface area contributed by atoms with E-state index in [0.29, 0.717) is 57.3 Å². The number of thiazole rings is 1. The third kappa shape index (κ3) is 3.96. The Morgan fingerprint density at radius 1 is 1.08 bits per heavy atom. The summed E-state index contributed by atoms with van der Waals surface area (Å²) in [7, 11) is 1.53. The lowest BCUT2D eigenvalue weighted by Gasteiger charge is -2.23. The number of amides is 1. The van der Waals surface area contributed by atoms with Crippen molar-refractivity contribution in [2.24, 2.45) is 0 Å². The number of aliphatic hydroxyl groups excluding tert-OH is 1. The van der Waals surface area contributed by atoms with E-state index in [2.05, 4.69) is 4.98 Å². The van der Waals surface area contributed by atoms with Crippen molar-refractivity contribution >= 4 is 55.7 Å². The lowest BCUT2D eigenvalue weighted by molar-refractivity contribution is -0.132. The summed E-state index contributed by atoms with van der Waals surface area (Å²) in [5.41, 5.74) is 1.48. The Hall–Kier alpha value is -4.08. The van der Waals surface area contributed by atoms with Gasteiger partial charge in [-0.2, -0.15) is 0 Å². The molecular formula is C27H19ClN2O6S. The number of ether oxygens (including phenoxy) is 3. The van der Waals surface area contributed by atoms with E-state index in [9.17, 15) is 14.7 Å². The van der Waals surface area contributed by atoms with Crippen LogP contribution in [0.15, 0.2) is 66.2 Å². The molecule has 0 bridgehead atoms. The molecule has 2 aliphatic heterocycles. The van der Waals surface area contributed by atoms with Crippen LogP contribution in [0, 0.1) is 0 Å². The number of Topliss-reactive ketones (excluding diaryl/α,β-unsaturated/α-hetero) is 1. The summed E-state index contributed by atoms with van der Waals surface area (Å²) in [5, 5.41) is 12.3. The first-order valence-corrected chi connectivity index (χ1v) is 12.5. The molecule has 2 aliphatic rings. The highest BCUT2D eigenvalue weighted by Gasteiger charge is 2.48. The minimum atomic E-state index is -0.945. The second-order valence-corrected chi connectivity index (χ2v) is 9.86. The van der Waals surface area contributed by atoms with Crippen LogP contribution in [-0.2, 0) is 9.59 Å². The van der Waals surface area contributed by atoms with Gasteiger partial charge in [0.2, 0.25) is 0 Å². The van der Waals surface area contributed by atoms with E-state index in [1.54, 1.807) is 60.7 Å². The molecule has 1 saturated heterocycles. The first kappa shape index (κ1) is 23.3. The lowest BCUT2D eigenvalue weighted by atomic mass is 9.95. The van der Waals surface area contributed by atoms with Crippen LogP contribution >= 0.6 is 22.9 Å². The Labute approximate surface area is 220 Å². The maximum Gasteiger partial charge on any atom is 0.301 e. The van der Waals surface area contributed by atoms with Gasteiger partial charge in [0.25, 0.3) is 5.78 Å². The van der Waals surface area contributed by atoms with E-state index in [1.165, 1.54) is 23.3 Å². The molecule has 1 fully saturated rings. The third-order valence-electron chi connectivity index (χ3n) is 6.21. The normalized spacial score (nSPS) is 18.4. The molecule has 0 unspecified atom stereocenters. The average molecular weight is 535 g/mol. The molecule has 8 nitrogen and oxygen atoms in total. The van der Waals surface area contributed by atoms with Crippen LogP contribution in [0.4, 0.5) is 5.13 Å². The van der Waals surface area contributed by atoms with Crippen molar-refractivity contribution in [2.45, 2.75) is 6.04 Å². The van der Waals surface area contributed by atoms with Gasteiger partial charge in [-0.1, -0.05) is 35.1 Å². The number of benzene rings is 3. The van der Waals surface area contributed by atoms with E-state index in [4.69, 9.17) is 25.8 Å². The van der Waals surface area contributed by atoms with Gasteiger partial charge >= 0.3 is 5.91 Å². The molecule has 37 heavy (non-hydrogen) atoms. The third-order valence-corrected chi connectivity index (χ3v) is 7.47. The Morgan fingerprint density at radius 3 is 2.70 bits per heavy atom. The van der Waals surface area contributed by atoms with Crippen molar-refractivity contribution in [2.75, 3.05) is 25.2 Å². The number of ketones is 1. The Bertz CT molecular complexity index is 1610. The van der Waals surface area contributed by atoms with E-state index in [0.717, 1.165) is 4.70 Å². The van der Waals surface area contributed by atoms with Crippen LogP contribution in [-0.4, -0.2) is 42.1 Å². The van der Waals surface area contributed by atoms with E-state index in [-0.39, 0.29) is 11.3 Å². The number of aliphatic hydroxyl groups is 1. The van der Waals surface area contributed by atoms with Gasteiger partial charge in [-0.15, -0.1) is 0 Å². The molecule has 10 heteroatoms. The fourth-order valence-electron chi connectivity index (χ4n) is 4.49. The number of carbonyl (C=O) groups is 2. The number of rotatable bonds is 4. The summed E-state index contributed by atoms with van der Waals surface area (Å²) in [6, 6.07) is 16.2. The van der Waals surface area contributed by atoms with Crippen molar-refractivity contribution in [1.82, 2.24) is 4.98 Å². The van der Waals surface area contributed by atoms with E-state index >= 15 is 0 Å². The summed E-state index contributed by atoms with van der Waals surface area (Å²) in [6.45, 7) is 0.791. The number of halogens is 1. The van der Waals surface area contributed by atoms with Crippen molar-refractivity contribution in [3.63, 3.8) is 0 Å². The lowest BCUT2D eigenvalue weighted by Crippen LogP contribution is -2.29. The van der Waals surface area contributed by atoms with Crippen LogP contribution in [0.25, 0.3) is 16.0 Å². The van der Waals surface area contributed by atoms with Crippen LogP contribution in [0.5, 0.6) is 17.2 Å². The highest BCUT2D eigenvalue weighted by molar-refractivity contribution is 7.22. The van der Waals surface area contributed by atoms with Crippen LogP contribution < -0.4 is 19.1 Å². The molecule has 186 valence electrons. The molecule has 3 heterocycles. The van der Waals surface area contributed by atoms with Gasteiger partial charge in [-0.25, -0.2) is 4.98 Å². The van der Waals surface area contributed by atoms with Gasteiger partial charge in [0.1, 0.15) is 24.7 Å². The van der Waals surface area contributed by atoms with Gasteiger partial charge in [-0.05, 0) is 54.1 Å². The Kier molecular flexibility index (Phi) is 5.73. The zero-order valence-corrected chi connectivity index (χ0v) is 21.0. The smallest absolute Gasteiger partial charge is 0.301 e. The molecule has 0 saturated carbocycles. The number of methoxy groups -OCH3 is 1. The van der Waals surface area contributed by atoms with E-state index in [1.807, 2.05) is 0 Å². The Balaban J connectivity index is 1.55. The quantitative estimate of drug-likeness (QED) is 0.214. The highest BCUT2D eigenvalue weighted by Crippen LogP contribution is 2.45. The van der Waals surface area contributed by atoms with Gasteiger partial charge < -0.3 is 19.3 Å². The van der Waals surface area contributed by atoms with Gasteiger partial charge in [0, 0.05) is 10.6 Å². The first-order valence-electron chi connectivity index (χ1n) is 11.4. The van der Waals surface area contributed by atoms with Gasteiger partial charge in [-0.3, -0.25) is 14.5 Å². The number of anilines is 1. The number of fused-ring (bicyclic) bond motifs is 2. The van der Waals surface area contributed by atoms with Crippen molar-refractivity contribution in [3.05, 3.63) is 82.4 Å². The van der Waals surface area contributed by atoms with E-state index < -0.39 is 17.7 Å². The summed E-state index contributed by atoms with van der Waals surface area (Å²) >= 11 is 7.39. The topological polar surface area (TPSA) is 98.2 Å². The van der Waals surface area contributed by atoms with Gasteiger partial charge in [0.05, 0.1) is 28.9 Å². The predicted molar refractivity (Wildman–Crippen MR) is 140 cm³/mol. The summed E-state index contributed by atoms with van der Waals surface area (Å²) in [4.78, 5) is 32.8. The zero-order chi connectivity index (χ0) is 25.7. The predicted octanol–water partition coefficient (Wildman–Crippen LogP) is 5.36. The molecule has 1 N–H and O–H groups in total. The molecule has 0 spiro atoms. The second-order valence-electron chi connectivity index (χ2n) is 8.41. The maximum absolute atomic E-state index is 13.5. The summed E-state index contributed by atoms with van der Waals surface area (Å²) < 4.78 is 17.4. The van der Waals surface area contributed by atoms with Crippen molar-refractivity contribution < 1.29 is 28.9 Å². The number of hydrogen-bond donors (Lipinski definition) is 1. The fraction of sp³-hybridized carbons (Fsp3) is 0.148. The monoisotopic (exact) mass is 534 g/mol. The molecule has 1 amide bonds. The standard InChI is InChI=1S/C27H19ClN2O6S/c1-34-17-4-2-3-14(11-17)23-22(24(31)15-5-8-19-20(12-15)36-10-9-35-19)25(32)26(33)30(23)27-29-18-7-6-16(28)13-21(18)37-27/h2-8,11-13,23,31H,9-10H2,1H3/b24-22+/t23-/m1/s1. The number of aromatic nitrogens is 1. The van der Waals surface area contributed by atoms with Crippen molar-refractivity contribution in [1.29, 1.82) is 0 Å². The average Bonchev–Trinajstić information content (AvgIpc) is 3.45. The second kappa shape index (κ2) is 9.10. The van der Waals surface area contributed by atoms with Crippen LogP contribution in [0.3, 0.4) is 0 Å². The Morgan fingerprint density at radius 2 is 1.89 bits per heavy atom. The highest BCUT2D eigenvalue weighted by atomic mass is 35.5. The number of hydrogen-bond acceptors (Lipinski definition) is 8. The summed E-state index contributed by atoms with van der Waals surface area (Å²) in [5.74, 6) is -0.408. The fourth-order valence-corrected chi connectivity index (χ4v) is 5.76. The first-order chi connectivity index (χ1) is 17.9. The minimum Gasteiger partial charge on any atom is -0.507 e. The molecular weight excluding hydrogens is 516 g/mol. The number of nitrogens with zero attached hydrogens (tertiary/aromatic N) is 2. The molecule has 0 radical (unpaired) electrons. The largest absolute Gasteiger partial charge is 0.507 e. The zero-order valence-electron chi connectivity index (χ0n) is 19.4. The summed E-state index contributed by atoms with van der Waals surface area (Å²) in [6.07, 6.45) is 0. The SMILES string of the molecule is COc1cccc([C@@H]2/C(=C(\O)c3ccc4c(c3)OCCO4)C(=O)C(=O)N2c2nc3ccc(Cl)cc3s2)c1. The molecule has 6 rings (SSSR count). The van der Waals surface area contributed by atoms with Crippen LogP contribution in [0.2, 0.25) is 5.02 Å². The molecule has 1 atom stereocenters. The molecule has 0 aliphatic carbocycles.